The van der Waals surface area contributed by atoms with E-state index in [1.54, 1.807) is 18.3 Å². The number of benzene rings is 1. The fourth-order valence-corrected chi connectivity index (χ4v) is 6.95. The lowest BCUT2D eigenvalue weighted by molar-refractivity contribution is -0.141. The van der Waals surface area contributed by atoms with Gasteiger partial charge in [-0.25, -0.2) is 13.4 Å². The number of carboxylic acid groups (broad SMARTS) is 1. The summed E-state index contributed by atoms with van der Waals surface area (Å²) >= 11 is 2.65. The van der Waals surface area contributed by atoms with E-state index < -0.39 is 21.7 Å². The van der Waals surface area contributed by atoms with E-state index in [2.05, 4.69) is 4.98 Å². The molecule has 3 rings (SSSR count). The molecule has 0 unspecified atom stereocenters. The Morgan fingerprint density at radius 3 is 2.38 bits per heavy atom. The average Bonchev–Trinajstić information content (AvgIpc) is 3.31. The van der Waals surface area contributed by atoms with Gasteiger partial charge in [-0.05, 0) is 37.0 Å². The summed E-state index contributed by atoms with van der Waals surface area (Å²) < 4.78 is 25.7. The number of rotatable bonds is 8. The molecule has 3 aromatic rings. The van der Waals surface area contributed by atoms with Crippen molar-refractivity contribution in [2.24, 2.45) is 11.8 Å². The molecule has 0 fully saturated rings. The standard InChI is InChI=1S/C21H23NO4S3/c1-13(2)10-16(21(23)24)12-29(25,26)19-9-8-17(27-19)20-22-11-18(28-20)15-6-4-14(3)5-7-15/h4-9,11,13,16H,10,12H2,1-3H3,(H,23,24)/t16-/m0/s1. The van der Waals surface area contributed by atoms with Gasteiger partial charge in [-0.1, -0.05) is 43.7 Å². The molecule has 2 heterocycles. The number of hydrogen-bond acceptors (Lipinski definition) is 6. The first-order valence-electron chi connectivity index (χ1n) is 9.24. The molecule has 0 bridgehead atoms. The average molecular weight is 450 g/mol. The first-order chi connectivity index (χ1) is 13.7. The minimum atomic E-state index is -3.67. The zero-order chi connectivity index (χ0) is 21.2. The Labute approximate surface area is 179 Å². The number of aryl methyl sites for hydroxylation is 1. The number of thiophene rings is 1. The van der Waals surface area contributed by atoms with Crippen LogP contribution >= 0.6 is 22.7 Å². The minimum absolute atomic E-state index is 0.112. The molecule has 0 aliphatic rings. The highest BCUT2D eigenvalue weighted by molar-refractivity contribution is 7.93. The Kier molecular flexibility index (Phi) is 6.55. The Morgan fingerprint density at radius 1 is 1.07 bits per heavy atom. The highest BCUT2D eigenvalue weighted by Gasteiger charge is 2.28. The van der Waals surface area contributed by atoms with Crippen molar-refractivity contribution in [3.05, 3.63) is 48.2 Å². The Bertz CT molecular complexity index is 1100. The number of carbonyl (C=O) groups is 1. The van der Waals surface area contributed by atoms with Gasteiger partial charge >= 0.3 is 5.97 Å². The third-order valence-corrected chi connectivity index (χ3v) is 9.16. The smallest absolute Gasteiger partial charge is 0.307 e. The van der Waals surface area contributed by atoms with Crippen molar-refractivity contribution < 1.29 is 18.3 Å². The summed E-state index contributed by atoms with van der Waals surface area (Å²) in [6.07, 6.45) is 2.13. The molecule has 8 heteroatoms. The maximum absolute atomic E-state index is 12.8. The van der Waals surface area contributed by atoms with Crippen molar-refractivity contribution >= 4 is 38.5 Å². The van der Waals surface area contributed by atoms with Crippen LogP contribution in [0.3, 0.4) is 0 Å². The number of sulfone groups is 1. The van der Waals surface area contributed by atoms with Gasteiger partial charge < -0.3 is 5.11 Å². The monoisotopic (exact) mass is 449 g/mol. The fraction of sp³-hybridized carbons (Fsp3) is 0.333. The van der Waals surface area contributed by atoms with E-state index >= 15 is 0 Å². The highest BCUT2D eigenvalue weighted by Crippen LogP contribution is 2.37. The van der Waals surface area contributed by atoms with Gasteiger partial charge in [0.2, 0.25) is 0 Å². The first kappa shape index (κ1) is 21.7. The number of carboxylic acids is 1. The van der Waals surface area contributed by atoms with Gasteiger partial charge in [-0.3, -0.25) is 4.79 Å². The summed E-state index contributed by atoms with van der Waals surface area (Å²) in [7, 11) is -3.67. The van der Waals surface area contributed by atoms with Crippen molar-refractivity contribution in [2.75, 3.05) is 5.75 Å². The molecular weight excluding hydrogens is 426 g/mol. The Morgan fingerprint density at radius 2 is 1.76 bits per heavy atom. The molecule has 1 N–H and O–H groups in total. The van der Waals surface area contributed by atoms with Crippen LogP contribution in [0.1, 0.15) is 25.8 Å². The molecule has 154 valence electrons. The first-order valence-corrected chi connectivity index (χ1v) is 12.5. The van der Waals surface area contributed by atoms with E-state index in [1.165, 1.54) is 16.9 Å². The van der Waals surface area contributed by atoms with Crippen molar-refractivity contribution in [3.8, 4) is 20.3 Å². The summed E-state index contributed by atoms with van der Waals surface area (Å²) in [4.78, 5) is 17.7. The lowest BCUT2D eigenvalue weighted by Gasteiger charge is -2.14. The maximum atomic E-state index is 12.8. The second kappa shape index (κ2) is 8.77. The third kappa shape index (κ3) is 5.32. The lowest BCUT2D eigenvalue weighted by atomic mass is 9.99. The molecule has 0 saturated carbocycles. The van der Waals surface area contributed by atoms with Crippen LogP contribution in [0, 0.1) is 18.8 Å². The second-order valence-electron chi connectivity index (χ2n) is 7.46. The SMILES string of the molecule is Cc1ccc(-c2cnc(-c3ccc(S(=O)(=O)C[C@H](CC(C)C)C(=O)O)s3)s2)cc1. The van der Waals surface area contributed by atoms with Crippen molar-refractivity contribution in [3.63, 3.8) is 0 Å². The largest absolute Gasteiger partial charge is 0.481 e. The molecule has 0 aliphatic heterocycles. The van der Waals surface area contributed by atoms with Crippen LogP contribution in [0.25, 0.3) is 20.3 Å². The topological polar surface area (TPSA) is 84.3 Å². The summed E-state index contributed by atoms with van der Waals surface area (Å²) in [6.45, 7) is 5.81. The fourth-order valence-electron chi connectivity index (χ4n) is 3.00. The number of hydrogen-bond donors (Lipinski definition) is 1. The molecule has 0 radical (unpaired) electrons. The predicted octanol–water partition coefficient (Wildman–Crippen LogP) is 5.37. The molecule has 0 aliphatic carbocycles. The normalized spacial score (nSPS) is 13.0. The van der Waals surface area contributed by atoms with E-state index in [9.17, 15) is 18.3 Å². The molecule has 0 saturated heterocycles. The van der Waals surface area contributed by atoms with Crippen LogP contribution in [0.4, 0.5) is 0 Å². The molecule has 2 aromatic heterocycles. The highest BCUT2D eigenvalue weighted by atomic mass is 32.2. The summed E-state index contributed by atoms with van der Waals surface area (Å²) in [5, 5.41) is 10.1. The molecule has 1 aromatic carbocycles. The summed E-state index contributed by atoms with van der Waals surface area (Å²) in [5.41, 5.74) is 2.26. The Balaban J connectivity index is 1.81. The maximum Gasteiger partial charge on any atom is 0.307 e. The van der Waals surface area contributed by atoms with Crippen LogP contribution in [0.5, 0.6) is 0 Å². The van der Waals surface area contributed by atoms with Gasteiger partial charge in [0.25, 0.3) is 0 Å². The zero-order valence-electron chi connectivity index (χ0n) is 16.5. The van der Waals surface area contributed by atoms with Gasteiger partial charge in [-0.2, -0.15) is 0 Å². The number of nitrogens with zero attached hydrogens (tertiary/aromatic N) is 1. The molecule has 0 spiro atoms. The third-order valence-electron chi connectivity index (χ3n) is 4.47. The number of aliphatic carboxylic acids is 1. The zero-order valence-corrected chi connectivity index (χ0v) is 18.9. The lowest BCUT2D eigenvalue weighted by Crippen LogP contribution is -2.25. The summed E-state index contributed by atoms with van der Waals surface area (Å²) in [6, 6.07) is 11.5. The van der Waals surface area contributed by atoms with Gasteiger partial charge in [-0.15, -0.1) is 22.7 Å². The summed E-state index contributed by atoms with van der Waals surface area (Å²) in [5.74, 6) is -2.24. The predicted molar refractivity (Wildman–Crippen MR) is 118 cm³/mol. The number of aromatic nitrogens is 1. The molecular formula is C21H23NO4S3. The van der Waals surface area contributed by atoms with Gasteiger partial charge in [0.05, 0.1) is 21.4 Å². The van der Waals surface area contributed by atoms with Gasteiger partial charge in [0.15, 0.2) is 9.84 Å². The number of thiazole rings is 1. The van der Waals surface area contributed by atoms with Gasteiger partial charge in [0, 0.05) is 6.20 Å². The Hall–Kier alpha value is -2.03. The van der Waals surface area contributed by atoms with Crippen molar-refractivity contribution in [1.29, 1.82) is 0 Å². The molecule has 1 atom stereocenters. The quantitative estimate of drug-likeness (QED) is 0.500. The van der Waals surface area contributed by atoms with Crippen molar-refractivity contribution in [1.82, 2.24) is 4.98 Å². The van der Waals surface area contributed by atoms with E-state index in [1.807, 2.05) is 45.0 Å². The van der Waals surface area contributed by atoms with Crippen LogP contribution in [-0.2, 0) is 14.6 Å². The van der Waals surface area contributed by atoms with Crippen LogP contribution < -0.4 is 0 Å². The van der Waals surface area contributed by atoms with E-state index in [0.29, 0.717) is 6.42 Å². The van der Waals surface area contributed by atoms with Gasteiger partial charge in [0.1, 0.15) is 9.22 Å². The minimum Gasteiger partial charge on any atom is -0.481 e. The second-order valence-corrected chi connectivity index (χ2v) is 11.8. The van der Waals surface area contributed by atoms with Crippen molar-refractivity contribution in [2.45, 2.75) is 31.4 Å². The van der Waals surface area contributed by atoms with Crippen LogP contribution in [0.2, 0.25) is 0 Å². The van der Waals surface area contributed by atoms with Crippen LogP contribution in [-0.4, -0.2) is 30.2 Å². The molecule has 5 nitrogen and oxygen atoms in total. The van der Waals surface area contributed by atoms with Crippen LogP contribution in [0.15, 0.2) is 46.8 Å². The van der Waals surface area contributed by atoms with E-state index in [-0.39, 0.29) is 15.9 Å². The van der Waals surface area contributed by atoms with E-state index in [4.69, 9.17) is 0 Å². The molecule has 29 heavy (non-hydrogen) atoms. The van der Waals surface area contributed by atoms with E-state index in [0.717, 1.165) is 31.7 Å². The molecule has 0 amide bonds.